The van der Waals surface area contributed by atoms with Crippen molar-refractivity contribution in [3.63, 3.8) is 0 Å². The number of benzene rings is 1. The largest absolute Gasteiger partial charge is 0.330 e. The van der Waals surface area contributed by atoms with Gasteiger partial charge in [0.05, 0.1) is 0 Å². The first-order valence-electron chi connectivity index (χ1n) is 7.21. The Kier molecular flexibility index (Phi) is 5.08. The monoisotopic (exact) mass is 265 g/mol. The van der Waals surface area contributed by atoms with E-state index in [0.29, 0.717) is 11.8 Å². The Bertz CT molecular complexity index is 383. The standard InChI is InChI=1S/C16H24ClN/c1-12(9-10-18)14-7-8-15(16(17)11-14)13-5-3-2-4-6-13/h7-8,11-13H,2-6,9-10,18H2,1H3. The second-order valence-electron chi connectivity index (χ2n) is 5.59. The Morgan fingerprint density at radius 1 is 1.28 bits per heavy atom. The van der Waals surface area contributed by atoms with Crippen LogP contribution in [0.3, 0.4) is 0 Å². The van der Waals surface area contributed by atoms with Gasteiger partial charge in [0.1, 0.15) is 0 Å². The highest BCUT2D eigenvalue weighted by Gasteiger charge is 2.18. The van der Waals surface area contributed by atoms with E-state index in [0.717, 1.165) is 18.0 Å². The quantitative estimate of drug-likeness (QED) is 0.828. The van der Waals surface area contributed by atoms with Crippen LogP contribution in [0.4, 0.5) is 0 Å². The van der Waals surface area contributed by atoms with Gasteiger partial charge in [-0.25, -0.2) is 0 Å². The molecule has 18 heavy (non-hydrogen) atoms. The average Bonchev–Trinajstić information content (AvgIpc) is 2.40. The van der Waals surface area contributed by atoms with Crippen molar-refractivity contribution in [1.29, 1.82) is 0 Å². The fourth-order valence-electron chi connectivity index (χ4n) is 3.01. The van der Waals surface area contributed by atoms with E-state index in [1.807, 2.05) is 0 Å². The van der Waals surface area contributed by atoms with Gasteiger partial charge in [-0.1, -0.05) is 49.9 Å². The molecule has 2 N–H and O–H groups in total. The number of hydrogen-bond acceptors (Lipinski definition) is 1. The molecule has 0 amide bonds. The number of halogens is 1. The van der Waals surface area contributed by atoms with Crippen LogP contribution >= 0.6 is 11.6 Å². The zero-order chi connectivity index (χ0) is 13.0. The van der Waals surface area contributed by atoms with Crippen LogP contribution in [0.2, 0.25) is 5.02 Å². The minimum absolute atomic E-state index is 0.507. The molecule has 2 heteroatoms. The van der Waals surface area contributed by atoms with E-state index in [9.17, 15) is 0 Å². The van der Waals surface area contributed by atoms with E-state index >= 15 is 0 Å². The fourth-order valence-corrected chi connectivity index (χ4v) is 3.35. The van der Waals surface area contributed by atoms with Gasteiger partial charge in [0, 0.05) is 5.02 Å². The van der Waals surface area contributed by atoms with Gasteiger partial charge in [0.15, 0.2) is 0 Å². The first kappa shape index (κ1) is 13.9. The predicted molar refractivity (Wildman–Crippen MR) is 79.4 cm³/mol. The number of nitrogens with two attached hydrogens (primary N) is 1. The summed E-state index contributed by atoms with van der Waals surface area (Å²) in [6.07, 6.45) is 7.73. The van der Waals surface area contributed by atoms with Crippen LogP contribution in [0.15, 0.2) is 18.2 Å². The summed E-state index contributed by atoms with van der Waals surface area (Å²) in [5.74, 6) is 1.19. The molecular weight excluding hydrogens is 242 g/mol. The summed E-state index contributed by atoms with van der Waals surface area (Å²) >= 11 is 6.48. The molecule has 1 aliphatic rings. The molecule has 0 heterocycles. The molecule has 1 atom stereocenters. The maximum atomic E-state index is 6.48. The molecule has 0 aliphatic heterocycles. The molecule has 0 radical (unpaired) electrons. The lowest BCUT2D eigenvalue weighted by molar-refractivity contribution is 0.443. The van der Waals surface area contributed by atoms with E-state index in [-0.39, 0.29) is 0 Å². The molecule has 2 rings (SSSR count). The molecule has 1 saturated carbocycles. The molecule has 1 aromatic carbocycles. The van der Waals surface area contributed by atoms with E-state index in [4.69, 9.17) is 17.3 Å². The summed E-state index contributed by atoms with van der Waals surface area (Å²) in [4.78, 5) is 0. The topological polar surface area (TPSA) is 26.0 Å². The van der Waals surface area contributed by atoms with Gasteiger partial charge in [0.25, 0.3) is 0 Å². The van der Waals surface area contributed by atoms with E-state index < -0.39 is 0 Å². The van der Waals surface area contributed by atoms with Crippen LogP contribution in [-0.2, 0) is 0 Å². The van der Waals surface area contributed by atoms with Crippen molar-refractivity contribution >= 4 is 11.6 Å². The molecular formula is C16H24ClN. The van der Waals surface area contributed by atoms with Crippen molar-refractivity contribution < 1.29 is 0 Å². The van der Waals surface area contributed by atoms with Gasteiger partial charge in [-0.05, 0) is 54.8 Å². The summed E-state index contributed by atoms with van der Waals surface area (Å²) in [5, 5.41) is 0.961. The lowest BCUT2D eigenvalue weighted by Gasteiger charge is -2.23. The molecule has 0 spiro atoms. The molecule has 100 valence electrons. The third kappa shape index (κ3) is 3.27. The third-order valence-corrected chi connectivity index (χ3v) is 4.57. The number of rotatable bonds is 4. The zero-order valence-electron chi connectivity index (χ0n) is 11.3. The second-order valence-corrected chi connectivity index (χ2v) is 6.00. The van der Waals surface area contributed by atoms with Crippen LogP contribution in [0.25, 0.3) is 0 Å². The van der Waals surface area contributed by atoms with Crippen LogP contribution in [0, 0.1) is 0 Å². The summed E-state index contributed by atoms with van der Waals surface area (Å²) in [6.45, 7) is 2.96. The first-order valence-corrected chi connectivity index (χ1v) is 7.59. The minimum atomic E-state index is 0.507. The SMILES string of the molecule is CC(CCN)c1ccc(C2CCCCC2)c(Cl)c1. The van der Waals surface area contributed by atoms with Gasteiger partial charge >= 0.3 is 0 Å². The molecule has 0 saturated heterocycles. The molecule has 0 bridgehead atoms. The highest BCUT2D eigenvalue weighted by atomic mass is 35.5. The van der Waals surface area contributed by atoms with Crippen LogP contribution in [0.5, 0.6) is 0 Å². The average molecular weight is 266 g/mol. The van der Waals surface area contributed by atoms with Crippen molar-refractivity contribution in [1.82, 2.24) is 0 Å². The van der Waals surface area contributed by atoms with E-state index in [1.54, 1.807) is 0 Å². The van der Waals surface area contributed by atoms with E-state index in [2.05, 4.69) is 25.1 Å². The molecule has 1 aromatic rings. The van der Waals surface area contributed by atoms with Gasteiger partial charge in [-0.2, -0.15) is 0 Å². The normalized spacial score (nSPS) is 18.8. The Morgan fingerprint density at radius 3 is 2.61 bits per heavy atom. The van der Waals surface area contributed by atoms with Gasteiger partial charge in [0.2, 0.25) is 0 Å². The van der Waals surface area contributed by atoms with Gasteiger partial charge in [-0.15, -0.1) is 0 Å². The smallest absolute Gasteiger partial charge is 0.0443 e. The van der Waals surface area contributed by atoms with Crippen LogP contribution in [0.1, 0.15) is 68.4 Å². The fraction of sp³-hybridized carbons (Fsp3) is 0.625. The molecule has 1 nitrogen and oxygen atoms in total. The Morgan fingerprint density at radius 2 is 2.00 bits per heavy atom. The van der Waals surface area contributed by atoms with Crippen molar-refractivity contribution in [3.05, 3.63) is 34.3 Å². The summed E-state index contributed by atoms with van der Waals surface area (Å²) < 4.78 is 0. The molecule has 1 aliphatic carbocycles. The van der Waals surface area contributed by atoms with Crippen molar-refractivity contribution in [2.24, 2.45) is 5.73 Å². The Labute approximate surface area is 116 Å². The highest BCUT2D eigenvalue weighted by molar-refractivity contribution is 6.31. The third-order valence-electron chi connectivity index (χ3n) is 4.24. The van der Waals surface area contributed by atoms with Crippen LogP contribution < -0.4 is 5.73 Å². The zero-order valence-corrected chi connectivity index (χ0v) is 12.0. The second kappa shape index (κ2) is 6.58. The lowest BCUT2D eigenvalue weighted by atomic mass is 9.83. The Hall–Kier alpha value is -0.530. The maximum absolute atomic E-state index is 6.48. The minimum Gasteiger partial charge on any atom is -0.330 e. The predicted octanol–water partition coefficient (Wildman–Crippen LogP) is 4.84. The highest BCUT2D eigenvalue weighted by Crippen LogP contribution is 2.37. The summed E-state index contributed by atoms with van der Waals surface area (Å²) in [5.41, 5.74) is 8.30. The van der Waals surface area contributed by atoms with Gasteiger partial charge in [-0.3, -0.25) is 0 Å². The van der Waals surface area contributed by atoms with Crippen molar-refractivity contribution in [2.75, 3.05) is 6.54 Å². The van der Waals surface area contributed by atoms with Crippen molar-refractivity contribution in [2.45, 2.75) is 57.3 Å². The summed E-state index contributed by atoms with van der Waals surface area (Å²) in [7, 11) is 0. The van der Waals surface area contributed by atoms with E-state index in [1.165, 1.54) is 43.2 Å². The van der Waals surface area contributed by atoms with Gasteiger partial charge < -0.3 is 5.73 Å². The number of hydrogen-bond donors (Lipinski definition) is 1. The first-order chi connectivity index (χ1) is 8.72. The van der Waals surface area contributed by atoms with Crippen molar-refractivity contribution in [3.8, 4) is 0 Å². The van der Waals surface area contributed by atoms with Crippen LogP contribution in [-0.4, -0.2) is 6.54 Å². The summed E-state index contributed by atoms with van der Waals surface area (Å²) in [6, 6.07) is 6.66. The Balaban J connectivity index is 2.13. The molecule has 1 fully saturated rings. The molecule has 0 aromatic heterocycles. The lowest BCUT2D eigenvalue weighted by Crippen LogP contribution is -2.07. The maximum Gasteiger partial charge on any atom is 0.0443 e. The molecule has 1 unspecified atom stereocenters.